The molecule has 0 bridgehead atoms. The lowest BCUT2D eigenvalue weighted by atomic mass is 10.0. The van der Waals surface area contributed by atoms with Crippen LogP contribution in [0.4, 0.5) is 13.2 Å². The summed E-state index contributed by atoms with van der Waals surface area (Å²) in [6.45, 7) is 3.57. The Morgan fingerprint density at radius 1 is 1.29 bits per heavy atom. The monoisotopic (exact) mass is 264 g/mol. The highest BCUT2D eigenvalue weighted by Gasteiger charge is 2.33. The van der Waals surface area contributed by atoms with Gasteiger partial charge < -0.3 is 0 Å². The number of hydrogen-bond donors (Lipinski definition) is 0. The Morgan fingerprint density at radius 3 is 2.36 bits per heavy atom. The summed E-state index contributed by atoms with van der Waals surface area (Å²) < 4.78 is 37.5. The number of allylic oxidation sites excluding steroid dienone is 1. The Kier molecular flexibility index (Phi) is 3.37. The van der Waals surface area contributed by atoms with Crippen molar-refractivity contribution >= 4 is 21.5 Å². The molecule has 76 valence electrons. The Hall–Kier alpha value is -0.770. The maximum Gasteiger partial charge on any atom is 0.416 e. The molecule has 0 spiro atoms. The molecule has 1 aromatic carbocycles. The summed E-state index contributed by atoms with van der Waals surface area (Å²) >= 11 is 3.09. The van der Waals surface area contributed by atoms with E-state index in [1.807, 2.05) is 0 Å². The topological polar surface area (TPSA) is 0 Å². The zero-order valence-corrected chi connectivity index (χ0v) is 8.82. The van der Waals surface area contributed by atoms with Crippen LogP contribution in [-0.2, 0) is 6.18 Å². The second-order valence-corrected chi connectivity index (χ2v) is 3.34. The SMILES string of the molecule is C=C(CBr)c1ccccc1C(F)(F)F. The molecule has 1 rings (SSSR count). The van der Waals surface area contributed by atoms with Crippen molar-refractivity contribution in [2.45, 2.75) is 6.18 Å². The molecule has 0 amide bonds. The van der Waals surface area contributed by atoms with Crippen LogP contribution in [0.3, 0.4) is 0 Å². The second-order valence-electron chi connectivity index (χ2n) is 2.78. The maximum absolute atomic E-state index is 12.5. The first-order valence-corrected chi connectivity index (χ1v) is 4.99. The van der Waals surface area contributed by atoms with Crippen molar-refractivity contribution in [3.8, 4) is 0 Å². The fourth-order valence-electron chi connectivity index (χ4n) is 1.11. The summed E-state index contributed by atoms with van der Waals surface area (Å²) in [4.78, 5) is 0. The highest BCUT2D eigenvalue weighted by molar-refractivity contribution is 9.09. The number of hydrogen-bond acceptors (Lipinski definition) is 0. The molecule has 4 heteroatoms. The summed E-state index contributed by atoms with van der Waals surface area (Å²) in [6, 6.07) is 5.42. The zero-order valence-electron chi connectivity index (χ0n) is 7.24. The second kappa shape index (κ2) is 4.17. The van der Waals surface area contributed by atoms with Gasteiger partial charge in [-0.2, -0.15) is 13.2 Å². The van der Waals surface area contributed by atoms with E-state index in [-0.39, 0.29) is 5.56 Å². The average Bonchev–Trinajstić information content (AvgIpc) is 2.15. The van der Waals surface area contributed by atoms with Gasteiger partial charge in [0, 0.05) is 5.33 Å². The quantitative estimate of drug-likeness (QED) is 0.706. The molecular weight excluding hydrogens is 257 g/mol. The van der Waals surface area contributed by atoms with Crippen molar-refractivity contribution in [2.75, 3.05) is 5.33 Å². The fourth-order valence-corrected chi connectivity index (χ4v) is 1.41. The van der Waals surface area contributed by atoms with Gasteiger partial charge in [0.25, 0.3) is 0 Å². The number of benzene rings is 1. The normalized spacial score (nSPS) is 11.4. The third kappa shape index (κ3) is 2.38. The van der Waals surface area contributed by atoms with Crippen molar-refractivity contribution in [3.05, 3.63) is 42.0 Å². The van der Waals surface area contributed by atoms with E-state index in [4.69, 9.17) is 0 Å². The summed E-state index contributed by atoms with van der Waals surface area (Å²) in [7, 11) is 0. The maximum atomic E-state index is 12.5. The van der Waals surface area contributed by atoms with Crippen molar-refractivity contribution < 1.29 is 13.2 Å². The van der Waals surface area contributed by atoms with Crippen molar-refractivity contribution in [2.24, 2.45) is 0 Å². The molecule has 0 heterocycles. The van der Waals surface area contributed by atoms with Gasteiger partial charge in [-0.15, -0.1) is 0 Å². The molecule has 0 saturated heterocycles. The van der Waals surface area contributed by atoms with Crippen molar-refractivity contribution in [1.29, 1.82) is 0 Å². The Labute approximate surface area is 88.6 Å². The lowest BCUT2D eigenvalue weighted by molar-refractivity contribution is -0.137. The van der Waals surface area contributed by atoms with Gasteiger partial charge in [-0.25, -0.2) is 0 Å². The average molecular weight is 265 g/mol. The summed E-state index contributed by atoms with van der Waals surface area (Å²) in [5, 5.41) is 0.333. The van der Waals surface area contributed by atoms with E-state index in [9.17, 15) is 13.2 Å². The van der Waals surface area contributed by atoms with Crippen molar-refractivity contribution in [3.63, 3.8) is 0 Å². The first-order chi connectivity index (χ1) is 6.46. The fraction of sp³-hybridized carbons (Fsp3) is 0.200. The Morgan fingerprint density at radius 2 is 1.86 bits per heavy atom. The molecule has 0 saturated carbocycles. The van der Waals surface area contributed by atoms with Gasteiger partial charge in [0.15, 0.2) is 0 Å². The van der Waals surface area contributed by atoms with E-state index >= 15 is 0 Å². The Balaban J connectivity index is 3.23. The van der Waals surface area contributed by atoms with Crippen LogP contribution in [0.1, 0.15) is 11.1 Å². The van der Waals surface area contributed by atoms with Crippen LogP contribution in [0.2, 0.25) is 0 Å². The van der Waals surface area contributed by atoms with E-state index in [0.29, 0.717) is 10.9 Å². The highest BCUT2D eigenvalue weighted by Crippen LogP contribution is 2.34. The molecule has 0 N–H and O–H groups in total. The molecule has 1 aromatic rings. The molecule has 0 aliphatic heterocycles. The minimum atomic E-state index is -4.32. The summed E-state index contributed by atoms with van der Waals surface area (Å²) in [5.41, 5.74) is -0.0562. The highest BCUT2D eigenvalue weighted by atomic mass is 79.9. The molecule has 0 nitrogen and oxygen atoms in total. The van der Waals surface area contributed by atoms with E-state index in [0.717, 1.165) is 6.07 Å². The van der Waals surface area contributed by atoms with Crippen LogP contribution in [0.25, 0.3) is 5.57 Å². The van der Waals surface area contributed by atoms with Crippen LogP contribution in [0, 0.1) is 0 Å². The van der Waals surface area contributed by atoms with E-state index in [1.165, 1.54) is 12.1 Å². The molecule has 0 fully saturated rings. The van der Waals surface area contributed by atoms with Gasteiger partial charge in [-0.05, 0) is 17.2 Å². The molecule has 14 heavy (non-hydrogen) atoms. The zero-order chi connectivity index (χ0) is 10.8. The van der Waals surface area contributed by atoms with Gasteiger partial charge in [-0.1, -0.05) is 40.7 Å². The predicted octanol–water partition coefficient (Wildman–Crippen LogP) is 4.11. The summed E-state index contributed by atoms with van der Waals surface area (Å²) in [5.74, 6) is 0. The number of rotatable bonds is 2. The largest absolute Gasteiger partial charge is 0.416 e. The molecule has 0 aliphatic carbocycles. The van der Waals surface area contributed by atoms with Crippen LogP contribution >= 0.6 is 15.9 Å². The third-order valence-electron chi connectivity index (χ3n) is 1.77. The van der Waals surface area contributed by atoms with E-state index in [2.05, 4.69) is 22.5 Å². The van der Waals surface area contributed by atoms with Crippen molar-refractivity contribution in [1.82, 2.24) is 0 Å². The Bertz CT molecular complexity index is 341. The number of alkyl halides is 4. The number of halogens is 4. The third-order valence-corrected chi connectivity index (χ3v) is 2.45. The lowest BCUT2D eigenvalue weighted by Gasteiger charge is -2.12. The predicted molar refractivity (Wildman–Crippen MR) is 54.3 cm³/mol. The first kappa shape index (κ1) is 11.3. The molecule has 0 radical (unpaired) electrons. The van der Waals surface area contributed by atoms with E-state index in [1.54, 1.807) is 6.07 Å². The van der Waals surface area contributed by atoms with E-state index < -0.39 is 11.7 Å². The van der Waals surface area contributed by atoms with Gasteiger partial charge in [-0.3, -0.25) is 0 Å². The van der Waals surface area contributed by atoms with Crippen LogP contribution in [0.15, 0.2) is 30.8 Å². The minimum Gasteiger partial charge on any atom is -0.166 e. The molecule has 0 aromatic heterocycles. The minimum absolute atomic E-state index is 0.150. The molecule has 0 atom stereocenters. The van der Waals surface area contributed by atoms with Crippen LogP contribution in [-0.4, -0.2) is 5.33 Å². The first-order valence-electron chi connectivity index (χ1n) is 3.87. The smallest absolute Gasteiger partial charge is 0.166 e. The summed E-state index contributed by atoms with van der Waals surface area (Å²) in [6.07, 6.45) is -4.32. The van der Waals surface area contributed by atoms with Gasteiger partial charge in [0.1, 0.15) is 0 Å². The van der Waals surface area contributed by atoms with Crippen LogP contribution < -0.4 is 0 Å². The lowest BCUT2D eigenvalue weighted by Crippen LogP contribution is -2.08. The molecular formula is C10H8BrF3. The van der Waals surface area contributed by atoms with Gasteiger partial charge in [0.2, 0.25) is 0 Å². The molecule has 0 unspecified atom stereocenters. The standard InChI is InChI=1S/C10H8BrF3/c1-7(6-11)8-4-2-3-5-9(8)10(12,13)14/h2-5H,1,6H2. The van der Waals surface area contributed by atoms with Gasteiger partial charge >= 0.3 is 6.18 Å². The molecule has 0 aliphatic rings. The van der Waals surface area contributed by atoms with Crippen LogP contribution in [0.5, 0.6) is 0 Å². The van der Waals surface area contributed by atoms with Gasteiger partial charge in [0.05, 0.1) is 5.56 Å².